The number of nitrogens with zero attached hydrogens (tertiary/aromatic N) is 2. The standard InChI is InChI=1S/C14H10N4/c1-2-4-11-9(3-1)10(8-17-11)12-7-13-14(18-12)16-6-5-15-13/h1-8,17H,(H,16,18). The molecule has 3 aromatic heterocycles. The Morgan fingerprint density at radius 3 is 2.83 bits per heavy atom. The van der Waals surface area contributed by atoms with E-state index in [0.717, 1.165) is 27.9 Å². The van der Waals surface area contributed by atoms with Crippen molar-refractivity contribution in [1.29, 1.82) is 0 Å². The molecule has 0 saturated carbocycles. The molecule has 0 fully saturated rings. The van der Waals surface area contributed by atoms with Gasteiger partial charge in [-0.25, -0.2) is 4.98 Å². The van der Waals surface area contributed by atoms with Crippen LogP contribution in [0.4, 0.5) is 0 Å². The van der Waals surface area contributed by atoms with Crippen LogP contribution in [0.15, 0.2) is 48.9 Å². The Labute approximate surface area is 103 Å². The fourth-order valence-electron chi connectivity index (χ4n) is 2.29. The van der Waals surface area contributed by atoms with Gasteiger partial charge in [0.1, 0.15) is 5.52 Å². The van der Waals surface area contributed by atoms with E-state index in [1.165, 1.54) is 5.39 Å². The minimum absolute atomic E-state index is 0.817. The van der Waals surface area contributed by atoms with Gasteiger partial charge in [0.15, 0.2) is 5.65 Å². The fourth-order valence-corrected chi connectivity index (χ4v) is 2.29. The molecule has 1 aromatic carbocycles. The summed E-state index contributed by atoms with van der Waals surface area (Å²) in [7, 11) is 0. The molecule has 0 bridgehead atoms. The molecule has 0 atom stereocenters. The molecule has 0 saturated heterocycles. The highest BCUT2D eigenvalue weighted by Crippen LogP contribution is 2.29. The summed E-state index contributed by atoms with van der Waals surface area (Å²) in [5, 5.41) is 1.20. The van der Waals surface area contributed by atoms with Crippen molar-refractivity contribution in [3.05, 3.63) is 48.9 Å². The lowest BCUT2D eigenvalue weighted by Crippen LogP contribution is -1.77. The largest absolute Gasteiger partial charge is 0.360 e. The van der Waals surface area contributed by atoms with Crippen molar-refractivity contribution in [3.8, 4) is 11.3 Å². The monoisotopic (exact) mass is 234 g/mol. The van der Waals surface area contributed by atoms with Crippen LogP contribution in [0, 0.1) is 0 Å². The molecule has 4 nitrogen and oxygen atoms in total. The highest BCUT2D eigenvalue weighted by Gasteiger charge is 2.09. The normalized spacial score (nSPS) is 11.3. The molecular formula is C14H10N4. The van der Waals surface area contributed by atoms with Crippen LogP contribution >= 0.6 is 0 Å². The van der Waals surface area contributed by atoms with Crippen molar-refractivity contribution in [2.75, 3.05) is 0 Å². The zero-order chi connectivity index (χ0) is 11.9. The molecule has 0 spiro atoms. The van der Waals surface area contributed by atoms with Gasteiger partial charge in [0.05, 0.1) is 5.69 Å². The van der Waals surface area contributed by atoms with E-state index in [9.17, 15) is 0 Å². The maximum absolute atomic E-state index is 4.29. The molecule has 0 aliphatic rings. The molecule has 0 unspecified atom stereocenters. The fraction of sp³-hybridized carbons (Fsp3) is 0. The second-order valence-corrected chi connectivity index (χ2v) is 4.22. The second kappa shape index (κ2) is 3.43. The number of nitrogens with one attached hydrogen (secondary N) is 2. The zero-order valence-electron chi connectivity index (χ0n) is 9.51. The van der Waals surface area contributed by atoms with Crippen molar-refractivity contribution in [1.82, 2.24) is 19.9 Å². The van der Waals surface area contributed by atoms with Crippen LogP contribution in [0.25, 0.3) is 33.3 Å². The molecule has 4 rings (SSSR count). The lowest BCUT2D eigenvalue weighted by atomic mass is 10.1. The molecule has 0 aliphatic heterocycles. The van der Waals surface area contributed by atoms with E-state index in [1.54, 1.807) is 12.4 Å². The molecule has 0 radical (unpaired) electrons. The average molecular weight is 234 g/mol. The summed E-state index contributed by atoms with van der Waals surface area (Å²) in [4.78, 5) is 15.1. The van der Waals surface area contributed by atoms with E-state index < -0.39 is 0 Å². The summed E-state index contributed by atoms with van der Waals surface area (Å²) >= 11 is 0. The summed E-state index contributed by atoms with van der Waals surface area (Å²) in [5.41, 5.74) is 5.02. The summed E-state index contributed by atoms with van der Waals surface area (Å²) in [5.74, 6) is 0. The Morgan fingerprint density at radius 1 is 1.00 bits per heavy atom. The predicted molar refractivity (Wildman–Crippen MR) is 71.2 cm³/mol. The first-order valence-electron chi connectivity index (χ1n) is 5.78. The summed E-state index contributed by atoms with van der Waals surface area (Å²) in [6.07, 6.45) is 5.41. The van der Waals surface area contributed by atoms with Gasteiger partial charge >= 0.3 is 0 Å². The smallest absolute Gasteiger partial charge is 0.156 e. The van der Waals surface area contributed by atoms with E-state index in [1.807, 2.05) is 24.4 Å². The van der Waals surface area contributed by atoms with Crippen LogP contribution < -0.4 is 0 Å². The third-order valence-electron chi connectivity index (χ3n) is 3.14. The van der Waals surface area contributed by atoms with Gasteiger partial charge in [-0.3, -0.25) is 4.98 Å². The Morgan fingerprint density at radius 2 is 1.89 bits per heavy atom. The maximum Gasteiger partial charge on any atom is 0.156 e. The zero-order valence-corrected chi connectivity index (χ0v) is 9.51. The number of H-pyrrole nitrogens is 2. The van der Waals surface area contributed by atoms with Crippen LogP contribution in [0.2, 0.25) is 0 Å². The highest BCUT2D eigenvalue weighted by atomic mass is 14.9. The van der Waals surface area contributed by atoms with E-state index in [-0.39, 0.29) is 0 Å². The molecule has 0 aliphatic carbocycles. The predicted octanol–water partition coefficient (Wildman–Crippen LogP) is 3.11. The molecule has 86 valence electrons. The van der Waals surface area contributed by atoms with Gasteiger partial charge in [0, 0.05) is 35.1 Å². The number of rotatable bonds is 1. The van der Waals surface area contributed by atoms with Gasteiger partial charge in [-0.05, 0) is 12.1 Å². The van der Waals surface area contributed by atoms with Crippen molar-refractivity contribution in [3.63, 3.8) is 0 Å². The van der Waals surface area contributed by atoms with Gasteiger partial charge in [-0.1, -0.05) is 18.2 Å². The molecule has 3 heterocycles. The minimum Gasteiger partial charge on any atom is -0.360 e. The number of hydrogen-bond acceptors (Lipinski definition) is 2. The third-order valence-corrected chi connectivity index (χ3v) is 3.14. The summed E-state index contributed by atoms with van der Waals surface area (Å²) in [6.45, 7) is 0. The number of aromatic nitrogens is 4. The highest BCUT2D eigenvalue weighted by molar-refractivity contribution is 5.96. The first kappa shape index (κ1) is 9.41. The van der Waals surface area contributed by atoms with Crippen LogP contribution in [0.5, 0.6) is 0 Å². The molecule has 2 N–H and O–H groups in total. The van der Waals surface area contributed by atoms with E-state index in [4.69, 9.17) is 0 Å². The average Bonchev–Trinajstić information content (AvgIpc) is 3.02. The van der Waals surface area contributed by atoms with Gasteiger partial charge in [-0.2, -0.15) is 0 Å². The van der Waals surface area contributed by atoms with Crippen LogP contribution in [0.1, 0.15) is 0 Å². The van der Waals surface area contributed by atoms with Gasteiger partial charge in [0.2, 0.25) is 0 Å². The minimum atomic E-state index is 0.817. The molecular weight excluding hydrogens is 224 g/mol. The van der Waals surface area contributed by atoms with E-state index in [0.29, 0.717) is 0 Å². The second-order valence-electron chi connectivity index (χ2n) is 4.22. The number of benzene rings is 1. The molecule has 4 aromatic rings. The maximum atomic E-state index is 4.29. The number of fused-ring (bicyclic) bond motifs is 2. The number of para-hydroxylation sites is 1. The number of aromatic amines is 2. The first-order valence-corrected chi connectivity index (χ1v) is 5.78. The van der Waals surface area contributed by atoms with Crippen molar-refractivity contribution in [2.24, 2.45) is 0 Å². The van der Waals surface area contributed by atoms with Gasteiger partial charge in [-0.15, -0.1) is 0 Å². The Bertz CT molecular complexity index is 808. The Hall–Kier alpha value is -2.62. The topological polar surface area (TPSA) is 57.4 Å². The first-order chi connectivity index (χ1) is 8.92. The molecule has 4 heteroatoms. The van der Waals surface area contributed by atoms with Crippen molar-refractivity contribution in [2.45, 2.75) is 0 Å². The van der Waals surface area contributed by atoms with E-state index >= 15 is 0 Å². The molecule has 18 heavy (non-hydrogen) atoms. The third kappa shape index (κ3) is 1.26. The van der Waals surface area contributed by atoms with Crippen LogP contribution in [-0.2, 0) is 0 Å². The SMILES string of the molecule is c1ccc2c(-c3cc4nccnc4[nH]3)c[nH]c2c1. The van der Waals surface area contributed by atoms with Crippen molar-refractivity contribution < 1.29 is 0 Å². The van der Waals surface area contributed by atoms with Gasteiger partial charge in [0.25, 0.3) is 0 Å². The summed E-state index contributed by atoms with van der Waals surface area (Å²) in [6, 6.07) is 10.3. The van der Waals surface area contributed by atoms with E-state index in [2.05, 4.69) is 32.1 Å². The van der Waals surface area contributed by atoms with Crippen LogP contribution in [-0.4, -0.2) is 19.9 Å². The Kier molecular flexibility index (Phi) is 1.80. The lowest BCUT2D eigenvalue weighted by molar-refractivity contribution is 1.26. The quantitative estimate of drug-likeness (QED) is 0.531. The van der Waals surface area contributed by atoms with Crippen molar-refractivity contribution >= 4 is 22.1 Å². The lowest BCUT2D eigenvalue weighted by Gasteiger charge is -1.94. The van der Waals surface area contributed by atoms with Gasteiger partial charge < -0.3 is 9.97 Å². The number of hydrogen-bond donors (Lipinski definition) is 2. The van der Waals surface area contributed by atoms with Crippen LogP contribution in [0.3, 0.4) is 0 Å². The molecule has 0 amide bonds. The summed E-state index contributed by atoms with van der Waals surface area (Å²) < 4.78 is 0. The Balaban J connectivity index is 2.01.